The van der Waals surface area contributed by atoms with E-state index in [4.69, 9.17) is 16.3 Å². The van der Waals surface area contributed by atoms with E-state index in [2.05, 4.69) is 25.2 Å². The molecular formula is C17H24ClN5O2S. The summed E-state index contributed by atoms with van der Waals surface area (Å²) in [6, 6.07) is -0.0519. The van der Waals surface area contributed by atoms with Gasteiger partial charge in [0.2, 0.25) is 0 Å². The lowest BCUT2D eigenvalue weighted by molar-refractivity contribution is -0.0177. The van der Waals surface area contributed by atoms with E-state index in [-0.39, 0.29) is 23.9 Å². The Morgan fingerprint density at radius 2 is 2.38 bits per heavy atom. The van der Waals surface area contributed by atoms with Gasteiger partial charge in [0.1, 0.15) is 5.01 Å². The van der Waals surface area contributed by atoms with Gasteiger partial charge in [0.25, 0.3) is 5.91 Å². The molecule has 1 aliphatic rings. The molecule has 0 bridgehead atoms. The highest BCUT2D eigenvalue weighted by Crippen LogP contribution is 2.19. The van der Waals surface area contributed by atoms with E-state index >= 15 is 0 Å². The quantitative estimate of drug-likeness (QED) is 0.750. The lowest BCUT2D eigenvalue weighted by Crippen LogP contribution is -2.55. The first-order valence-electron chi connectivity index (χ1n) is 8.88. The molecule has 1 amide bonds. The Bertz CT molecular complexity index is 721. The molecule has 7 nitrogen and oxygen atoms in total. The zero-order valence-electron chi connectivity index (χ0n) is 15.0. The monoisotopic (exact) mass is 397 g/mol. The largest absolute Gasteiger partial charge is 0.375 e. The Morgan fingerprint density at radius 3 is 3.04 bits per heavy atom. The number of piperidine rings is 1. The van der Waals surface area contributed by atoms with Gasteiger partial charge in [-0.15, -0.1) is 11.3 Å². The predicted octanol–water partition coefficient (Wildman–Crippen LogP) is 2.49. The van der Waals surface area contributed by atoms with Crippen molar-refractivity contribution in [2.75, 3.05) is 19.7 Å². The summed E-state index contributed by atoms with van der Waals surface area (Å²) < 4.78 is 5.90. The number of rotatable bonds is 7. The van der Waals surface area contributed by atoms with Gasteiger partial charge in [-0.3, -0.25) is 9.69 Å². The highest BCUT2D eigenvalue weighted by molar-refractivity contribution is 7.09. The first kappa shape index (κ1) is 19.3. The van der Waals surface area contributed by atoms with Gasteiger partial charge in [-0.05, 0) is 19.8 Å². The summed E-state index contributed by atoms with van der Waals surface area (Å²) in [6.07, 6.45) is 3.28. The Hall–Kier alpha value is -1.48. The Morgan fingerprint density at radius 1 is 1.54 bits per heavy atom. The molecule has 0 aromatic carbocycles. The number of H-pyrrole nitrogens is 1. The molecule has 0 aliphatic carbocycles. The van der Waals surface area contributed by atoms with Crippen LogP contribution in [0.25, 0.3) is 0 Å². The normalized spacial score (nSPS) is 21.0. The number of nitrogens with zero attached hydrogens (tertiary/aromatic N) is 3. The Balaban J connectivity index is 1.62. The lowest BCUT2D eigenvalue weighted by atomic mass is 10.0. The second-order valence-corrected chi connectivity index (χ2v) is 7.57. The molecule has 2 aromatic heterocycles. The maximum absolute atomic E-state index is 12.5. The van der Waals surface area contributed by atoms with Crippen molar-refractivity contribution in [1.82, 2.24) is 25.2 Å². The molecule has 0 radical (unpaired) electrons. The summed E-state index contributed by atoms with van der Waals surface area (Å²) in [5, 5.41) is 6.50. The van der Waals surface area contributed by atoms with Crippen LogP contribution >= 0.6 is 22.9 Å². The molecule has 2 atom stereocenters. The molecule has 2 aromatic rings. The van der Waals surface area contributed by atoms with E-state index < -0.39 is 0 Å². The molecule has 0 saturated carbocycles. The summed E-state index contributed by atoms with van der Waals surface area (Å²) in [5.41, 5.74) is 0.774. The van der Waals surface area contributed by atoms with Crippen LogP contribution < -0.4 is 5.32 Å². The number of amides is 1. The van der Waals surface area contributed by atoms with E-state index in [1.54, 1.807) is 11.3 Å². The SMILES string of the molecule is CCO[C@@H]1CN(Cc2nccs2)CC[C@@H]1NC(=O)c1nc(Cl)c(CC)[nH]1. The second kappa shape index (κ2) is 8.94. The maximum atomic E-state index is 12.5. The van der Waals surface area contributed by atoms with E-state index in [0.717, 1.165) is 36.8 Å². The minimum atomic E-state index is -0.241. The van der Waals surface area contributed by atoms with Gasteiger partial charge >= 0.3 is 0 Å². The minimum Gasteiger partial charge on any atom is -0.375 e. The molecule has 9 heteroatoms. The van der Waals surface area contributed by atoms with Crippen molar-refractivity contribution in [2.45, 2.75) is 45.4 Å². The van der Waals surface area contributed by atoms with E-state index in [1.807, 2.05) is 25.4 Å². The number of aromatic nitrogens is 3. The number of hydrogen-bond donors (Lipinski definition) is 2. The first-order valence-corrected chi connectivity index (χ1v) is 10.1. The average molecular weight is 398 g/mol. The molecule has 2 N–H and O–H groups in total. The number of aromatic amines is 1. The van der Waals surface area contributed by atoms with Crippen LogP contribution in [0, 0.1) is 0 Å². The zero-order chi connectivity index (χ0) is 18.5. The van der Waals surface area contributed by atoms with Crippen LogP contribution in [0.4, 0.5) is 0 Å². The third-order valence-electron chi connectivity index (χ3n) is 4.48. The summed E-state index contributed by atoms with van der Waals surface area (Å²) in [4.78, 5) is 26.3. The number of halogens is 1. The van der Waals surface area contributed by atoms with E-state index in [0.29, 0.717) is 18.2 Å². The average Bonchev–Trinajstić information content (AvgIpc) is 3.26. The summed E-state index contributed by atoms with van der Waals surface area (Å²) in [5.74, 6) is 0.0157. The number of imidazole rings is 1. The fourth-order valence-electron chi connectivity index (χ4n) is 3.16. The number of ether oxygens (including phenoxy) is 1. The third-order valence-corrected chi connectivity index (χ3v) is 5.56. The van der Waals surface area contributed by atoms with Crippen molar-refractivity contribution in [2.24, 2.45) is 0 Å². The Labute approximate surface area is 162 Å². The molecule has 3 heterocycles. The van der Waals surface area contributed by atoms with Gasteiger partial charge in [-0.1, -0.05) is 18.5 Å². The van der Waals surface area contributed by atoms with Crippen molar-refractivity contribution in [3.8, 4) is 0 Å². The number of hydrogen-bond acceptors (Lipinski definition) is 6. The number of aryl methyl sites for hydroxylation is 1. The number of carbonyl (C=O) groups excluding carboxylic acids is 1. The number of likely N-dealkylation sites (tertiary alicyclic amines) is 1. The summed E-state index contributed by atoms with van der Waals surface area (Å²) in [7, 11) is 0. The van der Waals surface area contributed by atoms with Crippen molar-refractivity contribution < 1.29 is 9.53 Å². The smallest absolute Gasteiger partial charge is 0.287 e. The van der Waals surface area contributed by atoms with Gasteiger partial charge < -0.3 is 15.0 Å². The second-order valence-electron chi connectivity index (χ2n) is 6.23. The van der Waals surface area contributed by atoms with Crippen LogP contribution in [0.1, 0.15) is 41.6 Å². The lowest BCUT2D eigenvalue weighted by Gasteiger charge is -2.38. The van der Waals surface area contributed by atoms with E-state index in [1.165, 1.54) is 0 Å². The molecule has 142 valence electrons. The van der Waals surface area contributed by atoms with Gasteiger partial charge in [-0.25, -0.2) is 9.97 Å². The molecule has 1 aliphatic heterocycles. The Kier molecular flexibility index (Phi) is 6.63. The van der Waals surface area contributed by atoms with Crippen LogP contribution in [-0.4, -0.2) is 57.6 Å². The number of nitrogens with one attached hydrogen (secondary N) is 2. The minimum absolute atomic E-state index is 0.0519. The van der Waals surface area contributed by atoms with Crippen LogP contribution in [0.15, 0.2) is 11.6 Å². The molecular weight excluding hydrogens is 374 g/mol. The molecule has 0 spiro atoms. The first-order chi connectivity index (χ1) is 12.6. The summed E-state index contributed by atoms with van der Waals surface area (Å²) in [6.45, 7) is 7.00. The van der Waals surface area contributed by atoms with Gasteiger partial charge in [0.05, 0.1) is 24.4 Å². The van der Waals surface area contributed by atoms with Gasteiger partial charge in [0.15, 0.2) is 11.0 Å². The number of carbonyl (C=O) groups is 1. The van der Waals surface area contributed by atoms with Crippen LogP contribution in [-0.2, 0) is 17.7 Å². The van der Waals surface area contributed by atoms with Crippen molar-refractivity contribution in [1.29, 1.82) is 0 Å². The van der Waals surface area contributed by atoms with Crippen LogP contribution in [0.3, 0.4) is 0 Å². The highest BCUT2D eigenvalue weighted by atomic mass is 35.5. The molecule has 0 unspecified atom stereocenters. The van der Waals surface area contributed by atoms with Crippen LogP contribution in [0.2, 0.25) is 5.15 Å². The topological polar surface area (TPSA) is 83.1 Å². The molecule has 3 rings (SSSR count). The molecule has 26 heavy (non-hydrogen) atoms. The van der Waals surface area contributed by atoms with Crippen molar-refractivity contribution in [3.63, 3.8) is 0 Å². The van der Waals surface area contributed by atoms with Crippen LogP contribution in [0.5, 0.6) is 0 Å². The maximum Gasteiger partial charge on any atom is 0.287 e. The fourth-order valence-corrected chi connectivity index (χ4v) is 4.08. The molecule has 1 saturated heterocycles. The third kappa shape index (κ3) is 4.62. The predicted molar refractivity (Wildman–Crippen MR) is 102 cm³/mol. The van der Waals surface area contributed by atoms with Gasteiger partial charge in [-0.2, -0.15) is 0 Å². The van der Waals surface area contributed by atoms with Crippen molar-refractivity contribution in [3.05, 3.63) is 33.3 Å². The molecule has 1 fully saturated rings. The standard InChI is InChI=1S/C17H24ClN5O2S/c1-3-11-15(18)22-16(20-11)17(24)21-12-5-7-23(9-13(12)25-4-2)10-14-19-6-8-26-14/h6,8,12-13H,3-5,7,9-10H2,1-2H3,(H,20,22)(H,21,24)/t12-,13+/m0/s1. The zero-order valence-corrected chi connectivity index (χ0v) is 16.6. The van der Waals surface area contributed by atoms with Crippen molar-refractivity contribution >= 4 is 28.8 Å². The fraction of sp³-hybridized carbons (Fsp3) is 0.588. The van der Waals surface area contributed by atoms with E-state index in [9.17, 15) is 4.79 Å². The number of thiazole rings is 1. The highest BCUT2D eigenvalue weighted by Gasteiger charge is 2.32. The van der Waals surface area contributed by atoms with Gasteiger partial charge in [0, 0.05) is 31.3 Å². The summed E-state index contributed by atoms with van der Waals surface area (Å²) >= 11 is 7.70.